The number of carbonyl (C=O) groups excluding carboxylic acids is 1. The van der Waals surface area contributed by atoms with E-state index in [4.69, 9.17) is 4.98 Å². The van der Waals surface area contributed by atoms with Gasteiger partial charge < -0.3 is 19.5 Å². The molecule has 3 heterocycles. The number of carbonyl (C=O) groups is 1. The van der Waals surface area contributed by atoms with Crippen molar-refractivity contribution in [1.29, 1.82) is 0 Å². The number of nitrogens with zero attached hydrogens (tertiary/aromatic N) is 4. The number of benzene rings is 2. The van der Waals surface area contributed by atoms with E-state index in [2.05, 4.69) is 17.0 Å². The number of hydrogen-bond donors (Lipinski definition) is 1. The van der Waals surface area contributed by atoms with E-state index in [0.717, 1.165) is 29.9 Å². The van der Waals surface area contributed by atoms with E-state index in [1.807, 2.05) is 46.8 Å². The number of aromatic nitrogens is 2. The van der Waals surface area contributed by atoms with E-state index in [1.165, 1.54) is 11.1 Å². The van der Waals surface area contributed by atoms with Crippen molar-refractivity contribution in [3.63, 3.8) is 0 Å². The summed E-state index contributed by atoms with van der Waals surface area (Å²) in [7, 11) is 1.98. The molecule has 2 aliphatic heterocycles. The smallest absolute Gasteiger partial charge is 0.254 e. The minimum atomic E-state index is -0.293. The Morgan fingerprint density at radius 2 is 1.89 bits per heavy atom. The number of aliphatic hydroxyl groups excluding tert-OH is 1. The number of rotatable bonds is 2. The highest BCUT2D eigenvalue weighted by Crippen LogP contribution is 2.27. The van der Waals surface area contributed by atoms with Crippen molar-refractivity contribution in [1.82, 2.24) is 14.5 Å². The second-order valence-electron chi connectivity index (χ2n) is 7.49. The molecule has 1 atom stereocenters. The summed E-state index contributed by atoms with van der Waals surface area (Å²) in [5.74, 6) is 0.886. The Morgan fingerprint density at radius 3 is 2.56 bits per heavy atom. The molecule has 5 rings (SSSR count). The summed E-state index contributed by atoms with van der Waals surface area (Å²) in [6, 6.07) is 13.9. The molecule has 0 unspecified atom stereocenters. The Bertz CT molecular complexity index is 1020. The first-order chi connectivity index (χ1) is 13.1. The minimum absolute atomic E-state index is 0.0388. The number of aliphatic hydroxyl groups is 1. The lowest BCUT2D eigenvalue weighted by atomic mass is 10.1. The summed E-state index contributed by atoms with van der Waals surface area (Å²) in [6.07, 6.45) is 0.474. The van der Waals surface area contributed by atoms with E-state index >= 15 is 0 Å². The highest BCUT2D eigenvalue weighted by molar-refractivity contribution is 5.98. The molecule has 1 fully saturated rings. The molecule has 1 aromatic heterocycles. The van der Waals surface area contributed by atoms with Crippen LogP contribution in [0.15, 0.2) is 42.5 Å². The van der Waals surface area contributed by atoms with Crippen LogP contribution in [0.5, 0.6) is 0 Å². The molecular weight excluding hydrogens is 340 g/mol. The first kappa shape index (κ1) is 16.3. The molecule has 3 aromatic rings. The fourth-order valence-corrected chi connectivity index (χ4v) is 4.19. The van der Waals surface area contributed by atoms with Gasteiger partial charge in [0.25, 0.3) is 5.91 Å². The number of aryl methyl sites for hydroxylation is 1. The van der Waals surface area contributed by atoms with Crippen molar-refractivity contribution in [3.05, 3.63) is 59.2 Å². The minimum Gasteiger partial charge on any atom is -0.391 e. The Labute approximate surface area is 157 Å². The van der Waals surface area contributed by atoms with Crippen LogP contribution in [0.2, 0.25) is 0 Å². The van der Waals surface area contributed by atoms with Crippen LogP contribution in [0.25, 0.3) is 11.0 Å². The molecule has 6 heteroatoms. The van der Waals surface area contributed by atoms with Crippen LogP contribution in [0, 0.1) is 0 Å². The number of β-amino-alcohol motifs (C(OH)–C–C–N with tert-alkyl or cyclic N) is 1. The lowest BCUT2D eigenvalue weighted by molar-refractivity contribution is 0.0751. The molecule has 27 heavy (non-hydrogen) atoms. The maximum Gasteiger partial charge on any atom is 0.254 e. The van der Waals surface area contributed by atoms with Crippen LogP contribution in [-0.4, -0.2) is 44.7 Å². The maximum absolute atomic E-state index is 13.0. The molecule has 0 radical (unpaired) electrons. The molecule has 1 amide bonds. The van der Waals surface area contributed by atoms with Gasteiger partial charge >= 0.3 is 0 Å². The van der Waals surface area contributed by atoms with Crippen molar-refractivity contribution < 1.29 is 9.90 Å². The van der Waals surface area contributed by atoms with Gasteiger partial charge in [0.15, 0.2) is 0 Å². The maximum atomic E-state index is 13.0. The van der Waals surface area contributed by atoms with Crippen LogP contribution >= 0.6 is 0 Å². The lowest BCUT2D eigenvalue weighted by Crippen LogP contribution is -2.25. The highest BCUT2D eigenvalue weighted by atomic mass is 16.3. The van der Waals surface area contributed by atoms with Crippen LogP contribution in [0.1, 0.15) is 27.9 Å². The van der Waals surface area contributed by atoms with E-state index in [1.54, 1.807) is 0 Å². The third-order valence-electron chi connectivity index (χ3n) is 5.68. The predicted molar refractivity (Wildman–Crippen MR) is 104 cm³/mol. The molecule has 6 nitrogen and oxygen atoms in total. The summed E-state index contributed by atoms with van der Waals surface area (Å²) >= 11 is 0. The summed E-state index contributed by atoms with van der Waals surface area (Å²) < 4.78 is 2.04. The monoisotopic (exact) mass is 362 g/mol. The van der Waals surface area contributed by atoms with Crippen LogP contribution in [-0.2, 0) is 20.1 Å². The summed E-state index contributed by atoms with van der Waals surface area (Å²) in [6.45, 7) is 2.73. The lowest BCUT2D eigenvalue weighted by Gasteiger charge is -2.16. The highest BCUT2D eigenvalue weighted by Gasteiger charge is 2.26. The van der Waals surface area contributed by atoms with Gasteiger partial charge in [-0.1, -0.05) is 24.3 Å². The zero-order chi connectivity index (χ0) is 18.5. The Kier molecular flexibility index (Phi) is 3.68. The quantitative estimate of drug-likeness (QED) is 0.760. The SMILES string of the molecule is Cn1c(N2CC[C@H](O)C2)nc2cc(C(=O)N3Cc4ccccc4C3)ccc21. The Balaban J connectivity index is 1.44. The number of fused-ring (bicyclic) bond motifs is 2. The number of hydrogen-bond acceptors (Lipinski definition) is 4. The largest absolute Gasteiger partial charge is 0.391 e. The third-order valence-corrected chi connectivity index (χ3v) is 5.68. The van der Waals surface area contributed by atoms with Crippen molar-refractivity contribution in [2.24, 2.45) is 7.05 Å². The number of amides is 1. The first-order valence-corrected chi connectivity index (χ1v) is 9.36. The van der Waals surface area contributed by atoms with E-state index in [9.17, 15) is 9.90 Å². The molecule has 0 spiro atoms. The molecular formula is C21H22N4O2. The van der Waals surface area contributed by atoms with Gasteiger partial charge in [-0.05, 0) is 35.7 Å². The second-order valence-corrected chi connectivity index (χ2v) is 7.49. The van der Waals surface area contributed by atoms with Gasteiger partial charge in [0, 0.05) is 38.8 Å². The van der Waals surface area contributed by atoms with Gasteiger partial charge in [-0.15, -0.1) is 0 Å². The van der Waals surface area contributed by atoms with E-state index in [-0.39, 0.29) is 12.0 Å². The summed E-state index contributed by atoms with van der Waals surface area (Å²) in [5, 5.41) is 9.81. The molecule has 2 aromatic carbocycles. The van der Waals surface area contributed by atoms with Crippen molar-refractivity contribution >= 4 is 22.9 Å². The van der Waals surface area contributed by atoms with Crippen LogP contribution in [0.3, 0.4) is 0 Å². The Hall–Kier alpha value is -2.86. The zero-order valence-corrected chi connectivity index (χ0v) is 15.3. The number of anilines is 1. The Morgan fingerprint density at radius 1 is 1.15 bits per heavy atom. The normalized spacial score (nSPS) is 19.1. The standard InChI is InChI=1S/C21H22N4O2/c1-23-19-7-6-14(10-18(19)22-21(23)24-9-8-17(26)13-24)20(27)25-11-15-4-2-3-5-16(15)12-25/h2-7,10,17,26H,8-9,11-13H2,1H3/t17-/m0/s1. The van der Waals surface area contributed by atoms with Gasteiger partial charge in [-0.25, -0.2) is 4.98 Å². The first-order valence-electron chi connectivity index (χ1n) is 9.36. The average molecular weight is 362 g/mol. The molecule has 1 saturated heterocycles. The third kappa shape index (κ3) is 2.68. The van der Waals surface area contributed by atoms with Gasteiger partial charge in [0.2, 0.25) is 5.95 Å². The average Bonchev–Trinajstić information content (AvgIpc) is 3.37. The molecule has 1 N–H and O–H groups in total. The van der Waals surface area contributed by atoms with Crippen molar-refractivity contribution in [3.8, 4) is 0 Å². The van der Waals surface area contributed by atoms with E-state index in [0.29, 0.717) is 25.2 Å². The summed E-state index contributed by atoms with van der Waals surface area (Å²) in [5.41, 5.74) is 4.92. The topological polar surface area (TPSA) is 61.6 Å². The van der Waals surface area contributed by atoms with Crippen molar-refractivity contribution in [2.75, 3.05) is 18.0 Å². The molecule has 138 valence electrons. The summed E-state index contributed by atoms with van der Waals surface area (Å²) in [4.78, 5) is 21.7. The van der Waals surface area contributed by atoms with Crippen molar-refractivity contribution in [2.45, 2.75) is 25.6 Å². The zero-order valence-electron chi connectivity index (χ0n) is 15.3. The predicted octanol–water partition coefficient (Wildman–Crippen LogP) is 2.30. The second kappa shape index (κ2) is 6.09. The fraction of sp³-hybridized carbons (Fsp3) is 0.333. The molecule has 0 saturated carbocycles. The molecule has 0 aliphatic carbocycles. The van der Waals surface area contributed by atoms with Gasteiger partial charge in [-0.3, -0.25) is 4.79 Å². The van der Waals surface area contributed by atoms with Gasteiger partial charge in [0.05, 0.1) is 17.1 Å². The fourth-order valence-electron chi connectivity index (χ4n) is 4.19. The van der Waals surface area contributed by atoms with Gasteiger partial charge in [-0.2, -0.15) is 0 Å². The van der Waals surface area contributed by atoms with E-state index < -0.39 is 0 Å². The van der Waals surface area contributed by atoms with Crippen LogP contribution < -0.4 is 4.90 Å². The molecule has 2 aliphatic rings. The van der Waals surface area contributed by atoms with Crippen LogP contribution in [0.4, 0.5) is 5.95 Å². The number of imidazole rings is 1. The molecule has 0 bridgehead atoms. The van der Waals surface area contributed by atoms with Gasteiger partial charge in [0.1, 0.15) is 0 Å².